The van der Waals surface area contributed by atoms with E-state index in [1.807, 2.05) is 28.8 Å². The molecule has 0 saturated heterocycles. The number of hydrogen-bond acceptors (Lipinski definition) is 5. The van der Waals surface area contributed by atoms with Gasteiger partial charge in [-0.25, -0.2) is 14.5 Å². The van der Waals surface area contributed by atoms with Gasteiger partial charge in [-0.05, 0) is 38.2 Å². The third-order valence-corrected chi connectivity index (χ3v) is 5.49. The van der Waals surface area contributed by atoms with Gasteiger partial charge in [-0.15, -0.1) is 0 Å². The molecular weight excluding hydrogens is 435 g/mol. The maximum absolute atomic E-state index is 13.4. The molecule has 1 amide bonds. The molecule has 0 aliphatic rings. The Labute approximate surface area is 188 Å². The molecule has 0 radical (unpaired) electrons. The molecule has 0 saturated carbocycles. The van der Waals surface area contributed by atoms with Gasteiger partial charge in [-0.3, -0.25) is 10.1 Å². The Morgan fingerprint density at radius 1 is 1.12 bits per heavy atom. The first-order valence-corrected chi connectivity index (χ1v) is 10.6. The summed E-state index contributed by atoms with van der Waals surface area (Å²) in [6, 6.07) is 9.62. The number of anilines is 1. The lowest BCUT2D eigenvalue weighted by atomic mass is 10.3. The molecule has 0 spiro atoms. The first kappa shape index (κ1) is 22.7. The summed E-state index contributed by atoms with van der Waals surface area (Å²) in [5, 5.41) is 6.60. The summed E-state index contributed by atoms with van der Waals surface area (Å²) in [6.45, 7) is 8.73. The van der Waals surface area contributed by atoms with Crippen molar-refractivity contribution in [2.45, 2.75) is 33.5 Å². The van der Waals surface area contributed by atoms with Gasteiger partial charge in [0.2, 0.25) is 5.95 Å². The highest BCUT2D eigenvalue weighted by atomic mass is 19.4. The molecule has 1 N–H and O–H groups in total. The van der Waals surface area contributed by atoms with Crippen LogP contribution in [-0.2, 0) is 12.7 Å². The average Bonchev–Trinajstić information content (AvgIpc) is 3.34. The molecule has 174 valence electrons. The van der Waals surface area contributed by atoms with Gasteiger partial charge in [0.1, 0.15) is 5.69 Å². The van der Waals surface area contributed by atoms with Gasteiger partial charge in [0, 0.05) is 24.8 Å². The van der Waals surface area contributed by atoms with E-state index in [-0.39, 0.29) is 17.0 Å². The van der Waals surface area contributed by atoms with E-state index >= 15 is 0 Å². The number of likely N-dealkylation sites (N-methyl/N-ethyl adjacent to an activating group) is 1. The van der Waals surface area contributed by atoms with Gasteiger partial charge >= 0.3 is 6.18 Å². The molecule has 3 heterocycles. The van der Waals surface area contributed by atoms with Crippen molar-refractivity contribution < 1.29 is 18.0 Å². The molecular formula is C22H24F3N7O. The molecule has 33 heavy (non-hydrogen) atoms. The number of carbonyl (C=O) groups excluding carboxylic acids is 1. The number of alkyl halides is 3. The van der Waals surface area contributed by atoms with Crippen LogP contribution in [0, 0.1) is 6.92 Å². The van der Waals surface area contributed by atoms with Crippen molar-refractivity contribution in [3.63, 3.8) is 0 Å². The highest BCUT2D eigenvalue weighted by Gasteiger charge is 2.35. The molecule has 11 heteroatoms. The number of nitrogens with one attached hydrogen (secondary N) is 1. The van der Waals surface area contributed by atoms with Crippen LogP contribution < -0.4 is 5.32 Å². The molecule has 0 bridgehead atoms. The van der Waals surface area contributed by atoms with Crippen LogP contribution in [0.3, 0.4) is 0 Å². The van der Waals surface area contributed by atoms with Crippen molar-refractivity contribution in [3.05, 3.63) is 53.5 Å². The van der Waals surface area contributed by atoms with Gasteiger partial charge < -0.3 is 9.47 Å². The monoisotopic (exact) mass is 459 g/mol. The van der Waals surface area contributed by atoms with Crippen LogP contribution >= 0.6 is 0 Å². The fourth-order valence-corrected chi connectivity index (χ4v) is 3.76. The van der Waals surface area contributed by atoms with Crippen LogP contribution in [0.25, 0.3) is 16.7 Å². The minimum absolute atomic E-state index is 0.0532. The smallest absolute Gasteiger partial charge is 0.309 e. The summed E-state index contributed by atoms with van der Waals surface area (Å²) in [6.07, 6.45) is -4.63. The molecule has 0 atom stereocenters. The van der Waals surface area contributed by atoms with Crippen LogP contribution in [0.15, 0.2) is 36.4 Å². The Morgan fingerprint density at radius 2 is 1.85 bits per heavy atom. The summed E-state index contributed by atoms with van der Waals surface area (Å²) in [5.74, 6) is -0.351. The van der Waals surface area contributed by atoms with E-state index in [0.717, 1.165) is 31.2 Å². The number of aryl methyl sites for hydroxylation is 1. The summed E-state index contributed by atoms with van der Waals surface area (Å²) in [7, 11) is 0. The standard InChI is InChI=1S/C22H24F3N7O/c1-4-30(5-2)10-11-31-17-9-7-6-8-15(17)27-21(31)28-20(33)16-13-19-26-14(3)12-18(22(23,24)25)32(19)29-16/h6-9,12-13H,4-5,10-11H2,1-3H3,(H,27,28,33). The van der Waals surface area contributed by atoms with Gasteiger partial charge in [0.05, 0.1) is 11.0 Å². The number of hydrogen-bond donors (Lipinski definition) is 1. The van der Waals surface area contributed by atoms with E-state index in [2.05, 4.69) is 39.1 Å². The molecule has 4 aromatic rings. The average molecular weight is 459 g/mol. The molecule has 3 aromatic heterocycles. The van der Waals surface area contributed by atoms with E-state index in [1.54, 1.807) is 0 Å². The highest BCUT2D eigenvalue weighted by molar-refractivity contribution is 6.03. The lowest BCUT2D eigenvalue weighted by molar-refractivity contribution is -0.142. The van der Waals surface area contributed by atoms with Crippen LogP contribution in [0.2, 0.25) is 0 Å². The van der Waals surface area contributed by atoms with E-state index in [9.17, 15) is 18.0 Å². The zero-order chi connectivity index (χ0) is 23.8. The van der Waals surface area contributed by atoms with Crippen molar-refractivity contribution in [2.24, 2.45) is 0 Å². The first-order valence-electron chi connectivity index (χ1n) is 10.6. The van der Waals surface area contributed by atoms with Crippen molar-refractivity contribution in [1.29, 1.82) is 0 Å². The number of halogens is 3. The second kappa shape index (κ2) is 8.81. The Bertz CT molecular complexity index is 1300. The number of nitrogens with zero attached hydrogens (tertiary/aromatic N) is 6. The fraction of sp³-hybridized carbons (Fsp3) is 0.364. The molecule has 0 unspecified atom stereocenters. The second-order valence-electron chi connectivity index (χ2n) is 7.64. The number of para-hydroxylation sites is 2. The van der Waals surface area contributed by atoms with Crippen LogP contribution in [0.4, 0.5) is 19.1 Å². The van der Waals surface area contributed by atoms with Gasteiger partial charge in [-0.2, -0.15) is 18.3 Å². The van der Waals surface area contributed by atoms with Crippen molar-refractivity contribution >= 4 is 28.5 Å². The second-order valence-corrected chi connectivity index (χ2v) is 7.64. The van der Waals surface area contributed by atoms with Crippen molar-refractivity contribution in [3.8, 4) is 0 Å². The molecule has 4 rings (SSSR count). The quantitative estimate of drug-likeness (QED) is 0.452. The maximum Gasteiger partial charge on any atom is 0.433 e. The summed E-state index contributed by atoms with van der Waals surface area (Å²) < 4.78 is 42.8. The van der Waals surface area contributed by atoms with E-state index in [4.69, 9.17) is 0 Å². The van der Waals surface area contributed by atoms with Gasteiger partial charge in [0.15, 0.2) is 11.3 Å². The van der Waals surface area contributed by atoms with Gasteiger partial charge in [0.25, 0.3) is 5.91 Å². The molecule has 0 fully saturated rings. The summed E-state index contributed by atoms with van der Waals surface area (Å²) >= 11 is 0. The maximum atomic E-state index is 13.4. The van der Waals surface area contributed by atoms with Crippen LogP contribution in [-0.4, -0.2) is 54.6 Å². The predicted molar refractivity (Wildman–Crippen MR) is 118 cm³/mol. The Hall–Kier alpha value is -3.47. The third-order valence-electron chi connectivity index (χ3n) is 5.49. The van der Waals surface area contributed by atoms with Crippen LogP contribution in [0.5, 0.6) is 0 Å². The Balaban J connectivity index is 1.68. The number of fused-ring (bicyclic) bond motifs is 2. The number of imidazole rings is 1. The normalized spacial score (nSPS) is 12.2. The van der Waals surface area contributed by atoms with E-state index < -0.39 is 17.8 Å². The fourth-order valence-electron chi connectivity index (χ4n) is 3.76. The third kappa shape index (κ3) is 4.54. The SMILES string of the molecule is CCN(CC)CCn1c(NC(=O)c2cc3nc(C)cc(C(F)(F)F)n3n2)nc2ccccc21. The molecule has 8 nitrogen and oxygen atoms in total. The minimum Gasteiger partial charge on any atom is -0.309 e. The summed E-state index contributed by atoms with van der Waals surface area (Å²) in [4.78, 5) is 23.8. The molecule has 0 aliphatic heterocycles. The molecule has 1 aromatic carbocycles. The number of amides is 1. The number of rotatable bonds is 7. The van der Waals surface area contributed by atoms with Gasteiger partial charge in [-0.1, -0.05) is 26.0 Å². The molecule has 0 aliphatic carbocycles. The minimum atomic E-state index is -4.63. The number of benzene rings is 1. The summed E-state index contributed by atoms with van der Waals surface area (Å²) in [5.41, 5.74) is 0.518. The zero-order valence-electron chi connectivity index (χ0n) is 18.5. The largest absolute Gasteiger partial charge is 0.433 e. The lowest BCUT2D eigenvalue weighted by Crippen LogP contribution is -2.27. The number of aromatic nitrogens is 5. The predicted octanol–water partition coefficient (Wildman–Crippen LogP) is 4.00. The lowest BCUT2D eigenvalue weighted by Gasteiger charge is -2.19. The van der Waals surface area contributed by atoms with Crippen LogP contribution in [0.1, 0.15) is 35.7 Å². The van der Waals surface area contributed by atoms with Crippen molar-refractivity contribution in [1.82, 2.24) is 29.0 Å². The number of carbonyl (C=O) groups is 1. The van der Waals surface area contributed by atoms with E-state index in [1.165, 1.54) is 13.0 Å². The Morgan fingerprint density at radius 3 is 2.55 bits per heavy atom. The highest BCUT2D eigenvalue weighted by Crippen LogP contribution is 2.30. The van der Waals surface area contributed by atoms with Crippen molar-refractivity contribution in [2.75, 3.05) is 25.0 Å². The first-order chi connectivity index (χ1) is 15.7. The topological polar surface area (TPSA) is 80.3 Å². The zero-order valence-corrected chi connectivity index (χ0v) is 18.5. The van der Waals surface area contributed by atoms with E-state index in [0.29, 0.717) is 22.5 Å². The Kier molecular flexibility index (Phi) is 6.07.